The van der Waals surface area contributed by atoms with E-state index in [1.165, 1.54) is 0 Å². The Labute approximate surface area is 97.7 Å². The molecule has 0 saturated heterocycles. The third-order valence-corrected chi connectivity index (χ3v) is 2.31. The summed E-state index contributed by atoms with van der Waals surface area (Å²) in [6.45, 7) is 7.51. The van der Waals surface area contributed by atoms with Crippen LogP contribution in [0.1, 0.15) is 20.8 Å². The normalized spacial score (nSPS) is 11.4. The molecular weight excluding hydrogens is 204 g/mol. The molecule has 0 radical (unpaired) electrons. The SMILES string of the molecule is CCN(C/C=C/C(=O)C(C)C)CC(=O)NC. The maximum absolute atomic E-state index is 11.3. The molecule has 1 N–H and O–H groups in total. The maximum atomic E-state index is 11.3. The summed E-state index contributed by atoms with van der Waals surface area (Å²) in [6, 6.07) is 0. The van der Waals surface area contributed by atoms with Gasteiger partial charge in [0.2, 0.25) is 5.91 Å². The van der Waals surface area contributed by atoms with Crippen molar-refractivity contribution in [3.05, 3.63) is 12.2 Å². The van der Waals surface area contributed by atoms with Crippen molar-refractivity contribution in [1.82, 2.24) is 10.2 Å². The van der Waals surface area contributed by atoms with Gasteiger partial charge in [-0.15, -0.1) is 0 Å². The van der Waals surface area contributed by atoms with Crippen molar-refractivity contribution in [2.24, 2.45) is 5.92 Å². The average molecular weight is 226 g/mol. The Balaban J connectivity index is 4.04. The van der Waals surface area contributed by atoms with E-state index >= 15 is 0 Å². The highest BCUT2D eigenvalue weighted by atomic mass is 16.2. The van der Waals surface area contributed by atoms with Gasteiger partial charge in [-0.3, -0.25) is 14.5 Å². The van der Waals surface area contributed by atoms with E-state index in [-0.39, 0.29) is 17.6 Å². The summed E-state index contributed by atoms with van der Waals surface area (Å²) in [5.41, 5.74) is 0. The lowest BCUT2D eigenvalue weighted by molar-refractivity contribution is -0.121. The molecule has 0 atom stereocenters. The largest absolute Gasteiger partial charge is 0.358 e. The fourth-order valence-electron chi connectivity index (χ4n) is 1.10. The quantitative estimate of drug-likeness (QED) is 0.654. The molecular formula is C12H22N2O2. The van der Waals surface area contributed by atoms with Crippen molar-refractivity contribution >= 4 is 11.7 Å². The van der Waals surface area contributed by atoms with E-state index in [0.29, 0.717) is 13.1 Å². The second-order valence-corrected chi connectivity index (χ2v) is 3.96. The van der Waals surface area contributed by atoms with Gasteiger partial charge in [-0.2, -0.15) is 0 Å². The van der Waals surface area contributed by atoms with E-state index in [2.05, 4.69) is 5.32 Å². The van der Waals surface area contributed by atoms with Crippen LogP contribution in [-0.4, -0.2) is 43.3 Å². The predicted molar refractivity (Wildman–Crippen MR) is 65.2 cm³/mol. The first-order valence-electron chi connectivity index (χ1n) is 5.64. The van der Waals surface area contributed by atoms with Crippen LogP contribution in [0, 0.1) is 5.92 Å². The van der Waals surface area contributed by atoms with Crippen LogP contribution in [-0.2, 0) is 9.59 Å². The van der Waals surface area contributed by atoms with Crippen LogP contribution in [0.4, 0.5) is 0 Å². The number of allylic oxidation sites excluding steroid dienone is 1. The number of nitrogens with zero attached hydrogens (tertiary/aromatic N) is 1. The monoisotopic (exact) mass is 226 g/mol. The van der Waals surface area contributed by atoms with Crippen LogP contribution in [0.5, 0.6) is 0 Å². The first kappa shape index (κ1) is 14.8. The molecule has 0 bridgehead atoms. The maximum Gasteiger partial charge on any atom is 0.233 e. The van der Waals surface area contributed by atoms with E-state index < -0.39 is 0 Å². The molecule has 0 aromatic carbocycles. The first-order chi connectivity index (χ1) is 7.51. The Kier molecular flexibility index (Phi) is 7.46. The standard InChI is InChI=1S/C12H22N2O2/c1-5-14(9-12(16)13-4)8-6-7-11(15)10(2)3/h6-7,10H,5,8-9H2,1-4H3,(H,13,16)/b7-6+. The Morgan fingerprint density at radius 1 is 1.38 bits per heavy atom. The number of rotatable bonds is 7. The Bertz CT molecular complexity index is 260. The van der Waals surface area contributed by atoms with Crippen molar-refractivity contribution in [2.45, 2.75) is 20.8 Å². The van der Waals surface area contributed by atoms with Gasteiger partial charge in [0.1, 0.15) is 0 Å². The van der Waals surface area contributed by atoms with E-state index in [9.17, 15) is 9.59 Å². The number of ketones is 1. The van der Waals surface area contributed by atoms with Gasteiger partial charge in [-0.25, -0.2) is 0 Å². The molecule has 0 heterocycles. The van der Waals surface area contributed by atoms with E-state index in [4.69, 9.17) is 0 Å². The summed E-state index contributed by atoms with van der Waals surface area (Å²) in [5.74, 6) is 0.145. The van der Waals surface area contributed by atoms with E-state index in [1.54, 1.807) is 13.1 Å². The van der Waals surface area contributed by atoms with Gasteiger partial charge < -0.3 is 5.32 Å². The third-order valence-electron chi connectivity index (χ3n) is 2.31. The smallest absolute Gasteiger partial charge is 0.233 e. The zero-order chi connectivity index (χ0) is 12.6. The van der Waals surface area contributed by atoms with Gasteiger partial charge in [0.25, 0.3) is 0 Å². The second kappa shape index (κ2) is 8.05. The lowest BCUT2D eigenvalue weighted by Gasteiger charge is -2.16. The van der Waals surface area contributed by atoms with Crippen molar-refractivity contribution in [1.29, 1.82) is 0 Å². The molecule has 0 fully saturated rings. The second-order valence-electron chi connectivity index (χ2n) is 3.96. The molecule has 0 aliphatic heterocycles. The number of hydrogen-bond acceptors (Lipinski definition) is 3. The van der Waals surface area contributed by atoms with E-state index in [0.717, 1.165) is 6.54 Å². The fourth-order valence-corrected chi connectivity index (χ4v) is 1.10. The van der Waals surface area contributed by atoms with Gasteiger partial charge in [-0.05, 0) is 12.6 Å². The molecule has 0 rings (SSSR count). The number of carbonyl (C=O) groups excluding carboxylic acids is 2. The summed E-state index contributed by atoms with van der Waals surface area (Å²) in [7, 11) is 1.62. The molecule has 0 aliphatic rings. The zero-order valence-electron chi connectivity index (χ0n) is 10.6. The highest BCUT2D eigenvalue weighted by Gasteiger charge is 2.06. The Morgan fingerprint density at radius 3 is 2.44 bits per heavy atom. The van der Waals surface area contributed by atoms with Crippen LogP contribution >= 0.6 is 0 Å². The van der Waals surface area contributed by atoms with Crippen molar-refractivity contribution in [2.75, 3.05) is 26.7 Å². The number of hydrogen-bond donors (Lipinski definition) is 1. The minimum absolute atomic E-state index is 0.00886. The molecule has 92 valence electrons. The topological polar surface area (TPSA) is 49.4 Å². The summed E-state index contributed by atoms with van der Waals surface area (Å²) in [6.07, 6.45) is 3.41. The minimum Gasteiger partial charge on any atom is -0.358 e. The van der Waals surface area contributed by atoms with E-state index in [1.807, 2.05) is 31.7 Å². The molecule has 1 amide bonds. The first-order valence-corrected chi connectivity index (χ1v) is 5.64. The summed E-state index contributed by atoms with van der Waals surface area (Å²) < 4.78 is 0. The molecule has 0 aromatic rings. The zero-order valence-corrected chi connectivity index (χ0v) is 10.6. The molecule has 4 heteroatoms. The molecule has 0 aliphatic carbocycles. The average Bonchev–Trinajstić information content (AvgIpc) is 2.26. The molecule has 0 saturated carbocycles. The van der Waals surface area contributed by atoms with Gasteiger partial charge in [0.15, 0.2) is 5.78 Å². The summed E-state index contributed by atoms with van der Waals surface area (Å²) in [5, 5.41) is 2.58. The molecule has 16 heavy (non-hydrogen) atoms. The number of amides is 1. The molecule has 0 unspecified atom stereocenters. The van der Waals surface area contributed by atoms with Crippen LogP contribution < -0.4 is 5.32 Å². The Hall–Kier alpha value is -1.16. The highest BCUT2D eigenvalue weighted by molar-refractivity contribution is 5.91. The van der Waals surface area contributed by atoms with Crippen molar-refractivity contribution in [3.8, 4) is 0 Å². The van der Waals surface area contributed by atoms with Gasteiger partial charge in [-0.1, -0.05) is 26.8 Å². The van der Waals surface area contributed by atoms with Crippen LogP contribution in [0.3, 0.4) is 0 Å². The van der Waals surface area contributed by atoms with Gasteiger partial charge in [0, 0.05) is 19.5 Å². The summed E-state index contributed by atoms with van der Waals surface area (Å²) in [4.78, 5) is 24.4. The van der Waals surface area contributed by atoms with Gasteiger partial charge in [0.05, 0.1) is 6.54 Å². The van der Waals surface area contributed by atoms with Crippen LogP contribution in [0.15, 0.2) is 12.2 Å². The summed E-state index contributed by atoms with van der Waals surface area (Å²) >= 11 is 0. The predicted octanol–water partition coefficient (Wildman–Crippen LogP) is 0.836. The number of likely N-dealkylation sites (N-methyl/N-ethyl adjacent to an activating group) is 2. The molecule has 4 nitrogen and oxygen atoms in total. The lowest BCUT2D eigenvalue weighted by atomic mass is 10.1. The van der Waals surface area contributed by atoms with Crippen molar-refractivity contribution in [3.63, 3.8) is 0 Å². The highest BCUT2D eigenvalue weighted by Crippen LogP contribution is 1.96. The molecule has 0 aromatic heterocycles. The third kappa shape index (κ3) is 6.35. The fraction of sp³-hybridized carbons (Fsp3) is 0.667. The molecule has 0 spiro atoms. The van der Waals surface area contributed by atoms with Crippen LogP contribution in [0.2, 0.25) is 0 Å². The number of nitrogens with one attached hydrogen (secondary N) is 1. The van der Waals surface area contributed by atoms with Crippen LogP contribution in [0.25, 0.3) is 0 Å². The van der Waals surface area contributed by atoms with Crippen molar-refractivity contribution < 1.29 is 9.59 Å². The lowest BCUT2D eigenvalue weighted by Crippen LogP contribution is -2.35. The minimum atomic E-state index is -0.00886. The number of carbonyl (C=O) groups is 2. The van der Waals surface area contributed by atoms with Gasteiger partial charge >= 0.3 is 0 Å². The Morgan fingerprint density at radius 2 is 2.00 bits per heavy atom.